The van der Waals surface area contributed by atoms with Gasteiger partial charge in [0.2, 0.25) is 0 Å². The van der Waals surface area contributed by atoms with Crippen molar-refractivity contribution < 1.29 is 4.79 Å². The van der Waals surface area contributed by atoms with E-state index in [4.69, 9.17) is 29.0 Å². The summed E-state index contributed by atoms with van der Waals surface area (Å²) in [6.45, 7) is 0. The molecule has 98 valence electrons. The first-order chi connectivity index (χ1) is 9.11. The summed E-state index contributed by atoms with van der Waals surface area (Å²) in [4.78, 5) is 15.9. The summed E-state index contributed by atoms with van der Waals surface area (Å²) in [5.74, 6) is 5.33. The van der Waals surface area contributed by atoms with Crippen molar-refractivity contribution in [2.45, 2.75) is 0 Å². The largest absolute Gasteiger partial charge is 0.321 e. The molecule has 5 nitrogen and oxygen atoms in total. The zero-order chi connectivity index (χ0) is 13.8. The van der Waals surface area contributed by atoms with E-state index in [0.717, 1.165) is 0 Å². The minimum atomic E-state index is -0.333. The van der Waals surface area contributed by atoms with Gasteiger partial charge in [0, 0.05) is 6.20 Å². The van der Waals surface area contributed by atoms with Gasteiger partial charge in [-0.05, 0) is 24.3 Å². The summed E-state index contributed by atoms with van der Waals surface area (Å²) >= 11 is 11.8. The van der Waals surface area contributed by atoms with Crippen LogP contribution < -0.4 is 16.6 Å². The number of nitrogens with two attached hydrogens (primary N) is 1. The normalized spacial score (nSPS) is 10.1. The molecule has 0 aliphatic carbocycles. The minimum absolute atomic E-state index is 0.297. The lowest BCUT2D eigenvalue weighted by atomic mass is 10.2. The Bertz CT molecular complexity index is 601. The molecule has 0 saturated heterocycles. The maximum absolute atomic E-state index is 12.0. The Labute approximate surface area is 119 Å². The van der Waals surface area contributed by atoms with Crippen molar-refractivity contribution in [3.05, 3.63) is 52.1 Å². The third kappa shape index (κ3) is 3.14. The molecule has 0 fully saturated rings. The molecule has 1 aromatic carbocycles. The van der Waals surface area contributed by atoms with Gasteiger partial charge < -0.3 is 10.7 Å². The van der Waals surface area contributed by atoms with Crippen LogP contribution in [0.25, 0.3) is 0 Å². The number of hydrogen-bond donors (Lipinski definition) is 3. The topological polar surface area (TPSA) is 80.0 Å². The van der Waals surface area contributed by atoms with E-state index >= 15 is 0 Å². The van der Waals surface area contributed by atoms with Gasteiger partial charge in [-0.3, -0.25) is 4.79 Å². The maximum Gasteiger partial charge on any atom is 0.257 e. The van der Waals surface area contributed by atoms with Crippen molar-refractivity contribution in [2.24, 2.45) is 5.84 Å². The van der Waals surface area contributed by atoms with Crippen molar-refractivity contribution in [3.63, 3.8) is 0 Å². The number of carbonyl (C=O) groups excluding carboxylic acids is 1. The standard InChI is InChI=1S/C12H10Cl2N4O/c13-8-2-1-3-9(11(8)14)17-12(19)7-4-5-10(18-15)16-6-7/h1-6H,15H2,(H,16,18)(H,17,19). The second-order valence-electron chi connectivity index (χ2n) is 3.63. The summed E-state index contributed by atoms with van der Waals surface area (Å²) in [5.41, 5.74) is 3.21. The number of aromatic nitrogens is 1. The van der Waals surface area contributed by atoms with E-state index in [1.54, 1.807) is 30.3 Å². The lowest BCUT2D eigenvalue weighted by Crippen LogP contribution is -2.14. The third-order valence-corrected chi connectivity index (χ3v) is 3.19. The van der Waals surface area contributed by atoms with Gasteiger partial charge >= 0.3 is 0 Å². The molecule has 0 saturated carbocycles. The lowest BCUT2D eigenvalue weighted by Gasteiger charge is -2.08. The van der Waals surface area contributed by atoms with Crippen LogP contribution in [0.15, 0.2) is 36.5 Å². The predicted octanol–water partition coefficient (Wildman–Crippen LogP) is 2.93. The Morgan fingerprint density at radius 3 is 2.63 bits per heavy atom. The summed E-state index contributed by atoms with van der Waals surface area (Å²) < 4.78 is 0. The first kappa shape index (κ1) is 13.6. The van der Waals surface area contributed by atoms with Crippen LogP contribution in [0.5, 0.6) is 0 Å². The summed E-state index contributed by atoms with van der Waals surface area (Å²) in [5, 5.41) is 3.33. The van der Waals surface area contributed by atoms with Crippen molar-refractivity contribution in [2.75, 3.05) is 10.7 Å². The highest BCUT2D eigenvalue weighted by molar-refractivity contribution is 6.44. The van der Waals surface area contributed by atoms with E-state index in [0.29, 0.717) is 27.1 Å². The highest BCUT2D eigenvalue weighted by atomic mass is 35.5. The molecule has 0 bridgehead atoms. The average Bonchev–Trinajstić information content (AvgIpc) is 2.44. The second-order valence-corrected chi connectivity index (χ2v) is 4.42. The van der Waals surface area contributed by atoms with Crippen LogP contribution >= 0.6 is 23.2 Å². The first-order valence-corrected chi connectivity index (χ1v) is 6.05. The number of amides is 1. The Kier molecular flexibility index (Phi) is 4.21. The molecule has 1 amide bonds. The van der Waals surface area contributed by atoms with Crippen molar-refractivity contribution in [1.82, 2.24) is 4.98 Å². The predicted molar refractivity (Wildman–Crippen MR) is 76.5 cm³/mol. The Balaban J connectivity index is 2.18. The van der Waals surface area contributed by atoms with E-state index in [-0.39, 0.29) is 5.91 Å². The Morgan fingerprint density at radius 2 is 2.00 bits per heavy atom. The minimum Gasteiger partial charge on any atom is -0.321 e. The van der Waals surface area contributed by atoms with Crippen molar-refractivity contribution in [1.29, 1.82) is 0 Å². The number of rotatable bonds is 3. The number of pyridine rings is 1. The van der Waals surface area contributed by atoms with E-state index in [1.165, 1.54) is 6.20 Å². The SMILES string of the molecule is NNc1ccc(C(=O)Nc2cccc(Cl)c2Cl)cn1. The van der Waals surface area contributed by atoms with Gasteiger partial charge in [-0.15, -0.1) is 0 Å². The number of hydrazine groups is 1. The Morgan fingerprint density at radius 1 is 1.21 bits per heavy atom. The average molecular weight is 297 g/mol. The monoisotopic (exact) mass is 296 g/mol. The molecule has 1 heterocycles. The zero-order valence-corrected chi connectivity index (χ0v) is 11.2. The van der Waals surface area contributed by atoms with Crippen molar-refractivity contribution >= 4 is 40.6 Å². The number of nitrogens with one attached hydrogen (secondary N) is 2. The molecule has 0 aliphatic rings. The van der Waals surface area contributed by atoms with Crippen LogP contribution in [-0.2, 0) is 0 Å². The number of halogens is 2. The second kappa shape index (κ2) is 5.88. The first-order valence-electron chi connectivity index (χ1n) is 5.30. The molecule has 0 unspecified atom stereocenters. The molecule has 2 rings (SSSR count). The number of nitrogens with zero attached hydrogens (tertiary/aromatic N) is 1. The molecule has 7 heteroatoms. The molecular formula is C12H10Cl2N4O. The number of nitrogen functional groups attached to an aromatic ring is 1. The highest BCUT2D eigenvalue weighted by Crippen LogP contribution is 2.29. The van der Waals surface area contributed by atoms with Gasteiger partial charge in [0.15, 0.2) is 0 Å². The fourth-order valence-corrected chi connectivity index (χ4v) is 1.76. The molecule has 0 spiro atoms. The van der Waals surface area contributed by atoms with Crippen LogP contribution in [0, 0.1) is 0 Å². The van der Waals surface area contributed by atoms with Crippen LogP contribution in [0.4, 0.5) is 11.5 Å². The number of hydrogen-bond acceptors (Lipinski definition) is 4. The molecule has 19 heavy (non-hydrogen) atoms. The van der Waals surface area contributed by atoms with Crippen molar-refractivity contribution in [3.8, 4) is 0 Å². The Hall–Kier alpha value is -1.82. The van der Waals surface area contributed by atoms with Crippen LogP contribution in [0.2, 0.25) is 10.0 Å². The zero-order valence-electron chi connectivity index (χ0n) is 9.65. The fourth-order valence-electron chi connectivity index (χ4n) is 1.41. The van der Waals surface area contributed by atoms with Crippen LogP contribution in [-0.4, -0.2) is 10.9 Å². The smallest absolute Gasteiger partial charge is 0.257 e. The lowest BCUT2D eigenvalue weighted by molar-refractivity contribution is 0.102. The van der Waals surface area contributed by atoms with E-state index < -0.39 is 0 Å². The maximum atomic E-state index is 12.0. The van der Waals surface area contributed by atoms with E-state index in [2.05, 4.69) is 15.7 Å². The third-order valence-electron chi connectivity index (χ3n) is 2.37. The summed E-state index contributed by atoms with van der Waals surface area (Å²) in [7, 11) is 0. The van der Waals surface area contributed by atoms with E-state index in [9.17, 15) is 4.79 Å². The van der Waals surface area contributed by atoms with Gasteiger partial charge in [0.25, 0.3) is 5.91 Å². The number of carbonyl (C=O) groups is 1. The number of anilines is 2. The molecule has 0 atom stereocenters. The molecule has 2 aromatic rings. The molecule has 4 N–H and O–H groups in total. The summed E-state index contributed by atoms with van der Waals surface area (Å²) in [6, 6.07) is 8.19. The molecule has 0 radical (unpaired) electrons. The molecule has 1 aromatic heterocycles. The van der Waals surface area contributed by atoms with E-state index in [1.807, 2.05) is 0 Å². The van der Waals surface area contributed by atoms with Gasteiger partial charge in [-0.1, -0.05) is 29.3 Å². The molecular weight excluding hydrogens is 287 g/mol. The summed E-state index contributed by atoms with van der Waals surface area (Å²) in [6.07, 6.45) is 1.41. The van der Waals surface area contributed by atoms with Gasteiger partial charge in [-0.2, -0.15) is 0 Å². The van der Waals surface area contributed by atoms with Gasteiger partial charge in [0.1, 0.15) is 5.82 Å². The quantitative estimate of drug-likeness (QED) is 0.601. The van der Waals surface area contributed by atoms with Gasteiger partial charge in [0.05, 0.1) is 21.3 Å². The fraction of sp³-hybridized carbons (Fsp3) is 0. The van der Waals surface area contributed by atoms with Gasteiger partial charge in [-0.25, -0.2) is 10.8 Å². The number of benzene rings is 1. The molecule has 0 aliphatic heterocycles. The van der Waals surface area contributed by atoms with Crippen LogP contribution in [0.1, 0.15) is 10.4 Å². The highest BCUT2D eigenvalue weighted by Gasteiger charge is 2.10. The van der Waals surface area contributed by atoms with Crippen LogP contribution in [0.3, 0.4) is 0 Å².